The van der Waals surface area contributed by atoms with Gasteiger partial charge in [-0.25, -0.2) is 4.79 Å². The molecule has 0 unspecified atom stereocenters. The molecule has 9 heteroatoms. The Morgan fingerprint density at radius 2 is 1.50 bits per heavy atom. The minimum Gasteiger partial charge on any atom is -0.480 e. The molecule has 160 valence electrons. The van der Waals surface area contributed by atoms with E-state index in [1.807, 2.05) is 13.8 Å². The van der Waals surface area contributed by atoms with Gasteiger partial charge < -0.3 is 26.2 Å². The number of carbonyl (C=O) groups is 4. The average molecular weight is 399 g/mol. The highest BCUT2D eigenvalue weighted by Gasteiger charge is 2.34. The first-order chi connectivity index (χ1) is 13.1. The summed E-state index contributed by atoms with van der Waals surface area (Å²) in [5.41, 5.74) is 0. The van der Waals surface area contributed by atoms with Crippen molar-refractivity contribution < 1.29 is 29.4 Å². The zero-order valence-corrected chi connectivity index (χ0v) is 16.9. The second-order valence-corrected chi connectivity index (χ2v) is 7.85. The average Bonchev–Trinajstić information content (AvgIpc) is 2.63. The number of aliphatic hydroxyl groups excluding tert-OH is 1. The fourth-order valence-corrected chi connectivity index (χ4v) is 3.52. The standard InChI is InChI=1S/C19H33N3O6/c1-11(2)9-14(21-18(26)15(10-23)20-12(3)24)17(25)22-16(19(27)28)13-7-5-4-6-8-13/h11,13-16,23H,4-10H2,1-3H3,(H,20,24)(H,21,26)(H,22,25)(H,27,28)/t14-,15-,16-/m0/s1. The van der Waals surface area contributed by atoms with Gasteiger partial charge in [-0.15, -0.1) is 0 Å². The lowest BCUT2D eigenvalue weighted by Gasteiger charge is -2.30. The Labute approximate surface area is 165 Å². The molecule has 5 N–H and O–H groups in total. The molecule has 0 aromatic rings. The van der Waals surface area contributed by atoms with Crippen molar-refractivity contribution in [2.45, 2.75) is 77.4 Å². The predicted molar refractivity (Wildman–Crippen MR) is 102 cm³/mol. The highest BCUT2D eigenvalue weighted by atomic mass is 16.4. The number of hydrogen-bond donors (Lipinski definition) is 5. The van der Waals surface area contributed by atoms with Crippen molar-refractivity contribution in [1.29, 1.82) is 0 Å². The smallest absolute Gasteiger partial charge is 0.326 e. The molecular weight excluding hydrogens is 366 g/mol. The number of nitrogens with one attached hydrogen (secondary N) is 3. The highest BCUT2D eigenvalue weighted by molar-refractivity contribution is 5.93. The maximum atomic E-state index is 12.8. The molecule has 1 aliphatic carbocycles. The van der Waals surface area contributed by atoms with Crippen LogP contribution in [0.1, 0.15) is 59.3 Å². The molecule has 1 saturated carbocycles. The van der Waals surface area contributed by atoms with Crippen molar-refractivity contribution in [3.8, 4) is 0 Å². The minimum absolute atomic E-state index is 0.0577. The van der Waals surface area contributed by atoms with Gasteiger partial charge in [0.25, 0.3) is 0 Å². The molecule has 0 aromatic heterocycles. The normalized spacial score (nSPS) is 18.0. The fourth-order valence-electron chi connectivity index (χ4n) is 3.52. The maximum Gasteiger partial charge on any atom is 0.326 e. The van der Waals surface area contributed by atoms with Gasteiger partial charge >= 0.3 is 5.97 Å². The summed E-state index contributed by atoms with van der Waals surface area (Å²) in [5.74, 6) is -2.90. The van der Waals surface area contributed by atoms with Gasteiger partial charge in [0.1, 0.15) is 18.1 Å². The second kappa shape index (κ2) is 11.6. The summed E-state index contributed by atoms with van der Waals surface area (Å²) in [6, 6.07) is -3.13. The molecule has 0 bridgehead atoms. The van der Waals surface area contributed by atoms with E-state index in [0.29, 0.717) is 6.42 Å². The van der Waals surface area contributed by atoms with Crippen LogP contribution in [-0.4, -0.2) is 58.6 Å². The van der Waals surface area contributed by atoms with Crippen LogP contribution < -0.4 is 16.0 Å². The van der Waals surface area contributed by atoms with Gasteiger partial charge in [0.05, 0.1) is 6.61 Å². The van der Waals surface area contributed by atoms with Crippen LogP contribution in [0.3, 0.4) is 0 Å². The Morgan fingerprint density at radius 1 is 0.929 bits per heavy atom. The summed E-state index contributed by atoms with van der Waals surface area (Å²) in [4.78, 5) is 48.0. The van der Waals surface area contributed by atoms with E-state index in [2.05, 4.69) is 16.0 Å². The van der Waals surface area contributed by atoms with Gasteiger partial charge in [0.15, 0.2) is 0 Å². The largest absolute Gasteiger partial charge is 0.480 e. The lowest BCUT2D eigenvalue weighted by Crippen LogP contribution is -2.57. The summed E-state index contributed by atoms with van der Waals surface area (Å²) in [7, 11) is 0. The Kier molecular flexibility index (Phi) is 9.92. The molecule has 0 aliphatic heterocycles. The van der Waals surface area contributed by atoms with E-state index >= 15 is 0 Å². The number of rotatable bonds is 10. The number of amides is 3. The quantitative estimate of drug-likeness (QED) is 0.354. The second-order valence-electron chi connectivity index (χ2n) is 7.85. The van der Waals surface area contributed by atoms with Crippen LogP contribution in [-0.2, 0) is 19.2 Å². The van der Waals surface area contributed by atoms with E-state index in [1.54, 1.807) is 0 Å². The monoisotopic (exact) mass is 399 g/mol. The Bertz CT molecular complexity index is 560. The third-order valence-electron chi connectivity index (χ3n) is 4.90. The van der Waals surface area contributed by atoms with Gasteiger partial charge in [-0.05, 0) is 31.1 Å². The number of carboxylic acids is 1. The fraction of sp³-hybridized carbons (Fsp3) is 0.789. The van der Waals surface area contributed by atoms with Gasteiger partial charge in [0.2, 0.25) is 17.7 Å². The van der Waals surface area contributed by atoms with Crippen LogP contribution in [0.15, 0.2) is 0 Å². The van der Waals surface area contributed by atoms with E-state index in [9.17, 15) is 29.4 Å². The molecular formula is C19H33N3O6. The van der Waals surface area contributed by atoms with E-state index in [-0.39, 0.29) is 11.8 Å². The topological polar surface area (TPSA) is 145 Å². The molecule has 0 aromatic carbocycles. The third-order valence-corrected chi connectivity index (χ3v) is 4.90. The Hall–Kier alpha value is -2.16. The van der Waals surface area contributed by atoms with Gasteiger partial charge in [-0.2, -0.15) is 0 Å². The zero-order chi connectivity index (χ0) is 21.3. The maximum absolute atomic E-state index is 12.8. The van der Waals surface area contributed by atoms with Crippen LogP contribution in [0, 0.1) is 11.8 Å². The molecule has 0 saturated heterocycles. The van der Waals surface area contributed by atoms with Crippen molar-refractivity contribution in [3.63, 3.8) is 0 Å². The molecule has 28 heavy (non-hydrogen) atoms. The van der Waals surface area contributed by atoms with Crippen LogP contribution in [0.4, 0.5) is 0 Å². The van der Waals surface area contributed by atoms with E-state index < -0.39 is 48.4 Å². The van der Waals surface area contributed by atoms with E-state index in [1.165, 1.54) is 6.92 Å². The molecule has 9 nitrogen and oxygen atoms in total. The van der Waals surface area contributed by atoms with E-state index in [0.717, 1.165) is 32.1 Å². The summed E-state index contributed by atoms with van der Waals surface area (Å²) >= 11 is 0. The predicted octanol–water partition coefficient (Wildman–Crippen LogP) is 0.164. The first-order valence-corrected chi connectivity index (χ1v) is 9.87. The van der Waals surface area contributed by atoms with E-state index in [4.69, 9.17) is 0 Å². The summed E-state index contributed by atoms with van der Waals surface area (Å²) in [6.45, 7) is 4.36. The Balaban J connectivity index is 2.85. The molecule has 1 rings (SSSR count). The van der Waals surface area contributed by atoms with Crippen LogP contribution in [0.25, 0.3) is 0 Å². The number of aliphatic carboxylic acids is 1. The highest BCUT2D eigenvalue weighted by Crippen LogP contribution is 2.26. The van der Waals surface area contributed by atoms with Crippen LogP contribution in [0.2, 0.25) is 0 Å². The summed E-state index contributed by atoms with van der Waals surface area (Å²) in [6.07, 6.45) is 4.72. The number of hydrogen-bond acceptors (Lipinski definition) is 5. The lowest BCUT2D eigenvalue weighted by atomic mass is 9.83. The molecule has 1 aliphatic rings. The van der Waals surface area contributed by atoms with Crippen molar-refractivity contribution in [3.05, 3.63) is 0 Å². The van der Waals surface area contributed by atoms with Gasteiger partial charge in [-0.3, -0.25) is 14.4 Å². The zero-order valence-electron chi connectivity index (χ0n) is 16.9. The summed E-state index contributed by atoms with van der Waals surface area (Å²) in [5, 5.41) is 26.3. The van der Waals surface area contributed by atoms with Crippen molar-refractivity contribution in [2.75, 3.05) is 6.61 Å². The molecule has 3 atom stereocenters. The first-order valence-electron chi connectivity index (χ1n) is 9.87. The van der Waals surface area contributed by atoms with Gasteiger partial charge in [0, 0.05) is 6.92 Å². The minimum atomic E-state index is -1.17. The lowest BCUT2D eigenvalue weighted by molar-refractivity contribution is -0.144. The number of carboxylic acid groups (broad SMARTS) is 1. The van der Waals surface area contributed by atoms with Crippen LogP contribution >= 0.6 is 0 Å². The SMILES string of the molecule is CC(=O)N[C@@H](CO)C(=O)N[C@@H](CC(C)C)C(=O)N[C@H](C(=O)O)C1CCCCC1. The molecule has 0 radical (unpaired) electrons. The van der Waals surface area contributed by atoms with Crippen LogP contribution in [0.5, 0.6) is 0 Å². The van der Waals surface area contributed by atoms with Crippen molar-refractivity contribution in [2.24, 2.45) is 11.8 Å². The number of carbonyl (C=O) groups excluding carboxylic acids is 3. The van der Waals surface area contributed by atoms with Crippen molar-refractivity contribution >= 4 is 23.7 Å². The molecule has 0 spiro atoms. The molecule has 1 fully saturated rings. The molecule has 0 heterocycles. The number of aliphatic hydroxyl groups is 1. The third kappa shape index (κ3) is 7.84. The Morgan fingerprint density at radius 3 is 1.96 bits per heavy atom. The van der Waals surface area contributed by atoms with Gasteiger partial charge in [-0.1, -0.05) is 33.1 Å². The molecule has 3 amide bonds. The summed E-state index contributed by atoms with van der Waals surface area (Å²) < 4.78 is 0. The van der Waals surface area contributed by atoms with Crippen molar-refractivity contribution in [1.82, 2.24) is 16.0 Å². The first kappa shape index (κ1) is 23.9.